The molecule has 0 radical (unpaired) electrons. The first-order chi connectivity index (χ1) is 9.70. The number of aromatic nitrogens is 2. The van der Waals surface area contributed by atoms with Gasteiger partial charge in [-0.1, -0.05) is 19.3 Å². The maximum atomic E-state index is 9.47. The standard InChI is InChI=1S/C17H21N3/c1-12-8-15-17(9-13(12)2)20(11-19-15)16-7-5-3-4-6-14(16)10-18/h8-9,11,14,16H,3-7H2,1-2H3. The summed E-state index contributed by atoms with van der Waals surface area (Å²) in [4.78, 5) is 4.55. The highest BCUT2D eigenvalue weighted by Gasteiger charge is 2.26. The van der Waals surface area contributed by atoms with E-state index in [-0.39, 0.29) is 12.0 Å². The SMILES string of the molecule is Cc1cc2ncn(C3CCCCCC3C#N)c2cc1C. The zero-order valence-corrected chi connectivity index (χ0v) is 12.3. The Morgan fingerprint density at radius 1 is 1.15 bits per heavy atom. The van der Waals surface area contributed by atoms with Crippen LogP contribution in [0.2, 0.25) is 0 Å². The molecule has 1 aliphatic rings. The minimum absolute atomic E-state index is 0.122. The molecule has 20 heavy (non-hydrogen) atoms. The number of imidazole rings is 1. The van der Waals surface area contributed by atoms with Gasteiger partial charge in [0.1, 0.15) is 0 Å². The van der Waals surface area contributed by atoms with Crippen LogP contribution in [0.25, 0.3) is 11.0 Å². The zero-order chi connectivity index (χ0) is 14.1. The van der Waals surface area contributed by atoms with Gasteiger partial charge in [0.2, 0.25) is 0 Å². The lowest BCUT2D eigenvalue weighted by atomic mass is 9.96. The van der Waals surface area contributed by atoms with E-state index < -0.39 is 0 Å². The van der Waals surface area contributed by atoms with Crippen LogP contribution >= 0.6 is 0 Å². The van der Waals surface area contributed by atoms with Crippen molar-refractivity contribution >= 4 is 11.0 Å². The second kappa shape index (κ2) is 5.28. The number of rotatable bonds is 1. The van der Waals surface area contributed by atoms with E-state index in [1.54, 1.807) is 0 Å². The molecular weight excluding hydrogens is 246 g/mol. The quantitative estimate of drug-likeness (QED) is 0.723. The third kappa shape index (κ3) is 2.20. The van der Waals surface area contributed by atoms with E-state index in [9.17, 15) is 5.26 Å². The first-order valence-electron chi connectivity index (χ1n) is 7.54. The highest BCUT2D eigenvalue weighted by atomic mass is 15.1. The molecule has 0 saturated heterocycles. The highest BCUT2D eigenvalue weighted by Crippen LogP contribution is 2.34. The Bertz CT molecular complexity index is 663. The molecule has 3 heteroatoms. The first-order valence-corrected chi connectivity index (χ1v) is 7.54. The lowest BCUT2D eigenvalue weighted by molar-refractivity contribution is 0.380. The molecule has 2 unspecified atom stereocenters. The van der Waals surface area contributed by atoms with E-state index in [1.165, 1.54) is 35.9 Å². The summed E-state index contributed by atoms with van der Waals surface area (Å²) < 4.78 is 2.25. The molecule has 0 aliphatic heterocycles. The second-order valence-electron chi connectivity index (χ2n) is 6.02. The molecule has 3 rings (SSSR count). The molecule has 0 spiro atoms. The molecule has 0 N–H and O–H groups in total. The summed E-state index contributed by atoms with van der Waals surface area (Å²) in [7, 11) is 0. The summed E-state index contributed by atoms with van der Waals surface area (Å²) in [6.07, 6.45) is 7.69. The van der Waals surface area contributed by atoms with E-state index in [4.69, 9.17) is 0 Å². The number of hydrogen-bond donors (Lipinski definition) is 0. The summed E-state index contributed by atoms with van der Waals surface area (Å²) in [6.45, 7) is 4.26. The van der Waals surface area contributed by atoms with Crippen molar-refractivity contribution in [2.24, 2.45) is 5.92 Å². The fourth-order valence-electron chi connectivity index (χ4n) is 3.32. The van der Waals surface area contributed by atoms with Gasteiger partial charge in [0.15, 0.2) is 0 Å². The molecular formula is C17H21N3. The molecule has 3 nitrogen and oxygen atoms in total. The van der Waals surface area contributed by atoms with Crippen molar-refractivity contribution in [3.8, 4) is 6.07 Å². The first kappa shape index (κ1) is 13.2. The van der Waals surface area contributed by atoms with Gasteiger partial charge in [-0.3, -0.25) is 0 Å². The molecule has 2 atom stereocenters. The van der Waals surface area contributed by atoms with Gasteiger partial charge in [-0.05, 0) is 49.9 Å². The van der Waals surface area contributed by atoms with Crippen molar-refractivity contribution < 1.29 is 0 Å². The summed E-state index contributed by atoms with van der Waals surface area (Å²) in [5.74, 6) is 0.122. The number of nitrogens with zero attached hydrogens (tertiary/aromatic N) is 3. The third-order valence-electron chi connectivity index (χ3n) is 4.69. The molecule has 104 valence electrons. The van der Waals surface area contributed by atoms with Gasteiger partial charge >= 0.3 is 0 Å². The zero-order valence-electron chi connectivity index (χ0n) is 12.3. The topological polar surface area (TPSA) is 41.6 Å². The predicted octanol–water partition coefficient (Wildman–Crippen LogP) is 4.30. The molecule has 0 bridgehead atoms. The number of aryl methyl sites for hydroxylation is 2. The summed E-state index contributed by atoms with van der Waals surface area (Å²) in [5, 5.41) is 9.47. The Labute approximate surface area is 120 Å². The number of hydrogen-bond acceptors (Lipinski definition) is 2. The van der Waals surface area contributed by atoms with Gasteiger partial charge in [0.05, 0.1) is 35.4 Å². The molecule has 1 aliphatic carbocycles. The summed E-state index contributed by atoms with van der Waals surface area (Å²) in [6, 6.07) is 7.18. The Morgan fingerprint density at radius 2 is 1.90 bits per heavy atom. The average Bonchev–Trinajstić information content (AvgIpc) is 2.70. The van der Waals surface area contributed by atoms with Crippen molar-refractivity contribution in [1.29, 1.82) is 5.26 Å². The fraction of sp³-hybridized carbons (Fsp3) is 0.529. The normalized spacial score (nSPS) is 23.4. The van der Waals surface area contributed by atoms with Crippen LogP contribution in [0.3, 0.4) is 0 Å². The van der Waals surface area contributed by atoms with Crippen molar-refractivity contribution in [1.82, 2.24) is 9.55 Å². The number of nitriles is 1. The third-order valence-corrected chi connectivity index (χ3v) is 4.69. The van der Waals surface area contributed by atoms with E-state index in [2.05, 4.69) is 41.6 Å². The number of fused-ring (bicyclic) bond motifs is 1. The van der Waals surface area contributed by atoms with Crippen LogP contribution in [0.1, 0.15) is 49.3 Å². The summed E-state index contributed by atoms with van der Waals surface area (Å²) in [5.41, 5.74) is 4.80. The van der Waals surface area contributed by atoms with Crippen LogP contribution in [0.4, 0.5) is 0 Å². The van der Waals surface area contributed by atoms with Crippen molar-refractivity contribution in [3.63, 3.8) is 0 Å². The van der Waals surface area contributed by atoms with Crippen LogP contribution in [0.5, 0.6) is 0 Å². The van der Waals surface area contributed by atoms with Crippen LogP contribution in [0, 0.1) is 31.1 Å². The van der Waals surface area contributed by atoms with Gasteiger partial charge < -0.3 is 4.57 Å². The smallest absolute Gasteiger partial charge is 0.0961 e. The van der Waals surface area contributed by atoms with Gasteiger partial charge in [0.25, 0.3) is 0 Å². The highest BCUT2D eigenvalue weighted by molar-refractivity contribution is 5.77. The van der Waals surface area contributed by atoms with Crippen molar-refractivity contribution in [2.45, 2.75) is 52.0 Å². The predicted molar refractivity (Wildman–Crippen MR) is 80.4 cm³/mol. The Kier molecular flexibility index (Phi) is 3.48. The van der Waals surface area contributed by atoms with E-state index in [1.807, 2.05) is 6.33 Å². The van der Waals surface area contributed by atoms with E-state index in [0.717, 1.165) is 18.4 Å². The average molecular weight is 267 g/mol. The van der Waals surface area contributed by atoms with Gasteiger partial charge in [0, 0.05) is 0 Å². The maximum Gasteiger partial charge on any atom is 0.0961 e. The molecule has 0 amide bonds. The maximum absolute atomic E-state index is 9.47. The molecule has 1 heterocycles. The van der Waals surface area contributed by atoms with Crippen LogP contribution < -0.4 is 0 Å². The number of benzene rings is 1. The monoisotopic (exact) mass is 267 g/mol. The second-order valence-corrected chi connectivity index (χ2v) is 6.02. The van der Waals surface area contributed by atoms with Gasteiger partial charge in [-0.25, -0.2) is 4.98 Å². The van der Waals surface area contributed by atoms with Crippen molar-refractivity contribution in [2.75, 3.05) is 0 Å². The lowest BCUT2D eigenvalue weighted by Gasteiger charge is -2.22. The fourth-order valence-corrected chi connectivity index (χ4v) is 3.32. The van der Waals surface area contributed by atoms with Gasteiger partial charge in [-0.15, -0.1) is 0 Å². The molecule has 1 aromatic heterocycles. The Balaban J connectivity index is 2.08. The van der Waals surface area contributed by atoms with E-state index in [0.29, 0.717) is 0 Å². The lowest BCUT2D eigenvalue weighted by Crippen LogP contribution is -2.16. The van der Waals surface area contributed by atoms with E-state index >= 15 is 0 Å². The molecule has 1 aromatic carbocycles. The van der Waals surface area contributed by atoms with Crippen LogP contribution in [0.15, 0.2) is 18.5 Å². The minimum Gasteiger partial charge on any atom is -0.326 e. The van der Waals surface area contributed by atoms with Crippen LogP contribution in [-0.4, -0.2) is 9.55 Å². The Hall–Kier alpha value is -1.82. The Morgan fingerprint density at radius 3 is 2.70 bits per heavy atom. The largest absolute Gasteiger partial charge is 0.326 e. The van der Waals surface area contributed by atoms with Gasteiger partial charge in [-0.2, -0.15) is 5.26 Å². The molecule has 2 aromatic rings. The molecule has 1 saturated carbocycles. The van der Waals surface area contributed by atoms with Crippen LogP contribution in [-0.2, 0) is 0 Å². The molecule has 1 fully saturated rings. The summed E-state index contributed by atoms with van der Waals surface area (Å²) >= 11 is 0. The van der Waals surface area contributed by atoms with Crippen molar-refractivity contribution in [3.05, 3.63) is 29.6 Å². The minimum atomic E-state index is 0.122.